The lowest BCUT2D eigenvalue weighted by molar-refractivity contribution is 0.0937. The lowest BCUT2D eigenvalue weighted by Gasteiger charge is -2.14. The maximum atomic E-state index is 12.6. The molecular formula is C16H15ClN6O3S. The molecule has 3 rings (SSSR count). The van der Waals surface area contributed by atoms with Gasteiger partial charge in [-0.25, -0.2) is 18.4 Å². The summed E-state index contributed by atoms with van der Waals surface area (Å²) in [4.78, 5) is 24.8. The van der Waals surface area contributed by atoms with E-state index < -0.39 is 21.8 Å². The molecule has 2 aromatic heterocycles. The highest BCUT2D eigenvalue weighted by Gasteiger charge is 2.20. The number of nitrogens with zero attached hydrogens (tertiary/aromatic N) is 5. The van der Waals surface area contributed by atoms with Gasteiger partial charge in [-0.3, -0.25) is 9.78 Å². The molecular weight excluding hydrogens is 392 g/mol. The van der Waals surface area contributed by atoms with Gasteiger partial charge in [0.25, 0.3) is 5.91 Å². The number of aromatic nitrogens is 5. The predicted octanol–water partition coefficient (Wildman–Crippen LogP) is 1.61. The quantitative estimate of drug-likeness (QED) is 0.683. The van der Waals surface area contributed by atoms with Crippen LogP contribution in [0.1, 0.15) is 29.1 Å². The van der Waals surface area contributed by atoms with Crippen LogP contribution in [-0.2, 0) is 9.84 Å². The first-order chi connectivity index (χ1) is 12.8. The predicted molar refractivity (Wildman–Crippen MR) is 97.4 cm³/mol. The number of sulfone groups is 1. The molecule has 0 saturated heterocycles. The van der Waals surface area contributed by atoms with E-state index in [1.54, 1.807) is 6.92 Å². The van der Waals surface area contributed by atoms with Crippen molar-refractivity contribution in [3.8, 4) is 5.82 Å². The topological polar surface area (TPSA) is 120 Å². The van der Waals surface area contributed by atoms with Crippen molar-refractivity contribution in [3.63, 3.8) is 0 Å². The van der Waals surface area contributed by atoms with Crippen LogP contribution in [0.25, 0.3) is 5.82 Å². The summed E-state index contributed by atoms with van der Waals surface area (Å²) in [6.45, 7) is 1.72. The third-order valence-electron chi connectivity index (χ3n) is 3.64. The zero-order valence-corrected chi connectivity index (χ0v) is 15.9. The minimum atomic E-state index is -3.50. The molecule has 1 aromatic carbocycles. The van der Waals surface area contributed by atoms with Crippen molar-refractivity contribution in [2.75, 3.05) is 6.26 Å². The largest absolute Gasteiger partial charge is 0.342 e. The number of rotatable bonds is 5. The van der Waals surface area contributed by atoms with Gasteiger partial charge in [-0.2, -0.15) is 9.78 Å². The number of hydrogen-bond acceptors (Lipinski definition) is 7. The lowest BCUT2D eigenvalue weighted by Crippen LogP contribution is -2.29. The van der Waals surface area contributed by atoms with Gasteiger partial charge < -0.3 is 5.32 Å². The van der Waals surface area contributed by atoms with Gasteiger partial charge in [0.05, 0.1) is 17.1 Å². The summed E-state index contributed by atoms with van der Waals surface area (Å²) in [6, 6.07) is 3.42. The van der Waals surface area contributed by atoms with Gasteiger partial charge in [-0.05, 0) is 25.1 Å². The molecule has 0 fully saturated rings. The van der Waals surface area contributed by atoms with E-state index in [4.69, 9.17) is 11.6 Å². The number of benzene rings is 1. The molecule has 1 amide bonds. The Morgan fingerprint density at radius 1 is 1.22 bits per heavy atom. The van der Waals surface area contributed by atoms with Crippen LogP contribution in [0.2, 0.25) is 5.02 Å². The van der Waals surface area contributed by atoms with Crippen LogP contribution in [0.4, 0.5) is 0 Å². The van der Waals surface area contributed by atoms with E-state index in [1.807, 2.05) is 0 Å². The van der Waals surface area contributed by atoms with Crippen LogP contribution >= 0.6 is 11.6 Å². The Morgan fingerprint density at radius 2 is 2.00 bits per heavy atom. The highest BCUT2D eigenvalue weighted by Crippen LogP contribution is 2.20. The fourth-order valence-electron chi connectivity index (χ4n) is 2.38. The van der Waals surface area contributed by atoms with Crippen LogP contribution in [0, 0.1) is 0 Å². The van der Waals surface area contributed by atoms with Gasteiger partial charge in [0.15, 0.2) is 21.5 Å². The molecule has 0 aliphatic rings. The monoisotopic (exact) mass is 406 g/mol. The Hall–Kier alpha value is -2.85. The average molecular weight is 407 g/mol. The van der Waals surface area contributed by atoms with E-state index >= 15 is 0 Å². The lowest BCUT2D eigenvalue weighted by atomic mass is 10.2. The molecule has 0 bridgehead atoms. The van der Waals surface area contributed by atoms with Gasteiger partial charge in [0.1, 0.15) is 6.33 Å². The second-order valence-electron chi connectivity index (χ2n) is 5.74. The van der Waals surface area contributed by atoms with Gasteiger partial charge in [-0.15, -0.1) is 0 Å². The fraction of sp³-hybridized carbons (Fsp3) is 0.188. The molecule has 2 heterocycles. The maximum absolute atomic E-state index is 12.6. The normalized spacial score (nSPS) is 12.6. The third kappa shape index (κ3) is 4.29. The van der Waals surface area contributed by atoms with Gasteiger partial charge in [0.2, 0.25) is 0 Å². The summed E-state index contributed by atoms with van der Waals surface area (Å²) in [6.07, 6.45) is 6.95. The molecule has 1 atom stereocenters. The van der Waals surface area contributed by atoms with Crippen LogP contribution in [0.15, 0.2) is 48.0 Å². The summed E-state index contributed by atoms with van der Waals surface area (Å²) in [5.41, 5.74) is 0.125. The number of carbonyl (C=O) groups excluding carboxylic acids is 1. The molecule has 140 valence electrons. The van der Waals surface area contributed by atoms with Crippen molar-refractivity contribution in [2.24, 2.45) is 0 Å². The molecule has 9 nitrogen and oxygen atoms in total. The van der Waals surface area contributed by atoms with Crippen LogP contribution < -0.4 is 5.32 Å². The summed E-state index contributed by atoms with van der Waals surface area (Å²) in [7, 11) is -3.50. The van der Waals surface area contributed by atoms with Gasteiger partial charge in [-0.1, -0.05) is 11.6 Å². The van der Waals surface area contributed by atoms with Crippen molar-refractivity contribution in [1.29, 1.82) is 0 Å². The summed E-state index contributed by atoms with van der Waals surface area (Å²) >= 11 is 5.96. The molecule has 0 aliphatic heterocycles. The van der Waals surface area contributed by atoms with Gasteiger partial charge in [0, 0.05) is 29.2 Å². The summed E-state index contributed by atoms with van der Waals surface area (Å²) in [5, 5.41) is 7.00. The Kier molecular flexibility index (Phi) is 5.19. The Bertz CT molecular complexity index is 1080. The molecule has 0 saturated carbocycles. The highest BCUT2D eigenvalue weighted by molar-refractivity contribution is 7.90. The summed E-state index contributed by atoms with van der Waals surface area (Å²) in [5.74, 6) is 0.394. The third-order valence-corrected chi connectivity index (χ3v) is 4.95. The average Bonchev–Trinajstić information content (AvgIpc) is 3.11. The second kappa shape index (κ2) is 7.41. The van der Waals surface area contributed by atoms with Crippen molar-refractivity contribution >= 4 is 27.3 Å². The van der Waals surface area contributed by atoms with Crippen LogP contribution in [0.3, 0.4) is 0 Å². The standard InChI is InChI=1S/C16H15ClN6O3S/c1-10(15-20-9-21-23(15)14-8-18-3-4-19-14)22-16(24)11-5-12(17)7-13(6-11)27(2,25)26/h3-10H,1-2H3,(H,22,24)/t10-/m1/s1. The van der Waals surface area contributed by atoms with E-state index in [0.29, 0.717) is 11.6 Å². The smallest absolute Gasteiger partial charge is 0.251 e. The zero-order chi connectivity index (χ0) is 19.6. The molecule has 27 heavy (non-hydrogen) atoms. The second-order valence-corrected chi connectivity index (χ2v) is 8.19. The van der Waals surface area contributed by atoms with E-state index in [9.17, 15) is 13.2 Å². The first kappa shape index (κ1) is 18.9. The number of amides is 1. The Labute approximate surface area is 160 Å². The summed E-state index contributed by atoms with van der Waals surface area (Å²) < 4.78 is 24.9. The molecule has 0 radical (unpaired) electrons. The number of carbonyl (C=O) groups is 1. The first-order valence-corrected chi connectivity index (χ1v) is 10.0. The Morgan fingerprint density at radius 3 is 2.67 bits per heavy atom. The number of hydrogen-bond donors (Lipinski definition) is 1. The molecule has 0 aliphatic carbocycles. The minimum Gasteiger partial charge on any atom is -0.342 e. The molecule has 11 heteroatoms. The Balaban J connectivity index is 1.86. The van der Waals surface area contributed by atoms with E-state index in [2.05, 4.69) is 25.4 Å². The van der Waals surface area contributed by atoms with E-state index in [0.717, 1.165) is 6.26 Å². The SMILES string of the molecule is C[C@@H](NC(=O)c1cc(Cl)cc(S(C)(=O)=O)c1)c1ncnn1-c1cnccn1. The zero-order valence-electron chi connectivity index (χ0n) is 14.4. The van der Waals surface area contributed by atoms with Crippen molar-refractivity contribution in [2.45, 2.75) is 17.9 Å². The molecule has 0 spiro atoms. The van der Waals surface area contributed by atoms with Crippen molar-refractivity contribution in [1.82, 2.24) is 30.0 Å². The number of halogens is 1. The van der Waals surface area contributed by atoms with Crippen molar-refractivity contribution in [3.05, 3.63) is 59.5 Å². The minimum absolute atomic E-state index is 0.0319. The van der Waals surface area contributed by atoms with E-state index in [-0.39, 0.29) is 15.5 Å². The van der Waals surface area contributed by atoms with Crippen molar-refractivity contribution < 1.29 is 13.2 Å². The first-order valence-electron chi connectivity index (χ1n) is 7.73. The van der Waals surface area contributed by atoms with Gasteiger partial charge >= 0.3 is 0 Å². The molecule has 1 N–H and O–H groups in total. The number of nitrogens with one attached hydrogen (secondary N) is 1. The molecule has 3 aromatic rings. The van der Waals surface area contributed by atoms with Crippen LogP contribution in [0.5, 0.6) is 0 Å². The fourth-order valence-corrected chi connectivity index (χ4v) is 3.36. The molecule has 0 unspecified atom stereocenters. The van der Waals surface area contributed by atoms with E-state index in [1.165, 1.54) is 47.8 Å². The van der Waals surface area contributed by atoms with Crippen LogP contribution in [-0.4, -0.2) is 45.3 Å². The highest BCUT2D eigenvalue weighted by atomic mass is 35.5. The maximum Gasteiger partial charge on any atom is 0.251 e.